The van der Waals surface area contributed by atoms with Gasteiger partial charge in [0, 0.05) is 37.9 Å². The van der Waals surface area contributed by atoms with Crippen molar-refractivity contribution in [2.45, 2.75) is 26.8 Å². The Kier molecular flexibility index (Phi) is 7.14. The Balaban J connectivity index is 1.80. The van der Waals surface area contributed by atoms with Gasteiger partial charge in [-0.2, -0.15) is 0 Å². The molecule has 0 aliphatic heterocycles. The van der Waals surface area contributed by atoms with E-state index >= 15 is 0 Å². The van der Waals surface area contributed by atoms with Crippen molar-refractivity contribution in [3.8, 4) is 0 Å². The molecule has 0 atom stereocenters. The van der Waals surface area contributed by atoms with Crippen LogP contribution in [0.25, 0.3) is 10.9 Å². The molecule has 1 aromatic heterocycles. The molecular formula is C18H27N5O. The van der Waals surface area contributed by atoms with Crippen molar-refractivity contribution in [2.24, 2.45) is 4.99 Å². The molecule has 130 valence electrons. The van der Waals surface area contributed by atoms with Crippen LogP contribution in [0.2, 0.25) is 0 Å². The topological polar surface area (TPSA) is 70.4 Å². The molecule has 6 nitrogen and oxygen atoms in total. The maximum Gasteiger partial charge on any atom is 0.241 e. The van der Waals surface area contributed by atoms with Crippen LogP contribution in [-0.2, 0) is 11.3 Å². The monoisotopic (exact) mass is 329 g/mol. The minimum absolute atomic E-state index is 0.0616. The quantitative estimate of drug-likeness (QED) is 0.392. The molecule has 6 heteroatoms. The van der Waals surface area contributed by atoms with E-state index in [1.165, 1.54) is 10.9 Å². The lowest BCUT2D eigenvalue weighted by Gasteiger charge is -2.12. The third-order valence-corrected chi connectivity index (χ3v) is 3.65. The first-order valence-corrected chi connectivity index (χ1v) is 8.57. The average molecular weight is 329 g/mol. The van der Waals surface area contributed by atoms with Crippen molar-refractivity contribution in [1.29, 1.82) is 0 Å². The molecular weight excluding hydrogens is 302 g/mol. The molecule has 0 radical (unpaired) electrons. The highest BCUT2D eigenvalue weighted by Crippen LogP contribution is 2.15. The molecule has 24 heavy (non-hydrogen) atoms. The van der Waals surface area contributed by atoms with Crippen LogP contribution in [0.15, 0.2) is 41.5 Å². The lowest BCUT2D eigenvalue weighted by molar-refractivity contribution is -0.119. The van der Waals surface area contributed by atoms with Gasteiger partial charge in [0.1, 0.15) is 6.54 Å². The standard InChI is InChI=1S/C18H27N5O/c1-3-19-17(24)14-22-18(20-4-2)21-11-7-12-23-13-10-15-8-5-6-9-16(15)23/h5-6,8-10,13H,3-4,7,11-12,14H2,1-2H3,(H,19,24)(H2,20,21,22). The molecule has 1 aromatic carbocycles. The van der Waals surface area contributed by atoms with E-state index in [9.17, 15) is 4.79 Å². The van der Waals surface area contributed by atoms with Gasteiger partial charge in [0.2, 0.25) is 5.91 Å². The van der Waals surface area contributed by atoms with Gasteiger partial charge in [-0.3, -0.25) is 4.79 Å². The number of nitrogens with zero attached hydrogens (tertiary/aromatic N) is 2. The number of para-hydroxylation sites is 1. The maximum absolute atomic E-state index is 11.5. The van der Waals surface area contributed by atoms with Crippen LogP contribution in [0.3, 0.4) is 0 Å². The summed E-state index contributed by atoms with van der Waals surface area (Å²) in [4.78, 5) is 15.8. The predicted molar refractivity (Wildman–Crippen MR) is 99.2 cm³/mol. The average Bonchev–Trinajstić information content (AvgIpc) is 3.00. The molecule has 0 aliphatic carbocycles. The van der Waals surface area contributed by atoms with Crippen molar-refractivity contribution in [3.63, 3.8) is 0 Å². The Morgan fingerprint density at radius 3 is 2.67 bits per heavy atom. The molecule has 1 amide bonds. The van der Waals surface area contributed by atoms with Gasteiger partial charge in [0.15, 0.2) is 5.96 Å². The van der Waals surface area contributed by atoms with Crippen LogP contribution >= 0.6 is 0 Å². The number of hydrogen-bond acceptors (Lipinski definition) is 2. The number of aliphatic imine (C=N–C) groups is 1. The number of fused-ring (bicyclic) bond motifs is 1. The van der Waals surface area contributed by atoms with Crippen molar-refractivity contribution in [3.05, 3.63) is 36.5 Å². The number of carbonyl (C=O) groups excluding carboxylic acids is 1. The van der Waals surface area contributed by atoms with Crippen LogP contribution in [0.5, 0.6) is 0 Å². The summed E-state index contributed by atoms with van der Waals surface area (Å²) in [6.07, 6.45) is 3.10. The Bertz CT molecular complexity index is 677. The molecule has 0 bridgehead atoms. The molecule has 0 aliphatic rings. The smallest absolute Gasteiger partial charge is 0.241 e. The molecule has 0 unspecified atom stereocenters. The number of hydrogen-bond donors (Lipinski definition) is 3. The summed E-state index contributed by atoms with van der Waals surface area (Å²) >= 11 is 0. The van der Waals surface area contributed by atoms with E-state index in [1.54, 1.807) is 0 Å². The Labute approximate surface area is 143 Å². The summed E-state index contributed by atoms with van der Waals surface area (Å²) in [6, 6.07) is 10.5. The van der Waals surface area contributed by atoms with E-state index in [1.807, 2.05) is 13.8 Å². The molecule has 0 spiro atoms. The van der Waals surface area contributed by atoms with E-state index in [4.69, 9.17) is 0 Å². The van der Waals surface area contributed by atoms with Crippen LogP contribution in [0.1, 0.15) is 20.3 Å². The zero-order chi connectivity index (χ0) is 17.2. The number of rotatable bonds is 8. The SMILES string of the molecule is CCNC(=O)CN=C(NCC)NCCCn1ccc2ccccc21. The second-order valence-corrected chi connectivity index (χ2v) is 5.50. The van der Waals surface area contributed by atoms with E-state index in [-0.39, 0.29) is 12.5 Å². The fraction of sp³-hybridized carbons (Fsp3) is 0.444. The number of benzene rings is 1. The summed E-state index contributed by atoms with van der Waals surface area (Å²) in [7, 11) is 0. The zero-order valence-corrected chi connectivity index (χ0v) is 14.5. The summed E-state index contributed by atoms with van der Waals surface area (Å²) in [5.74, 6) is 0.620. The molecule has 0 saturated carbocycles. The molecule has 2 aromatic rings. The number of nitrogens with one attached hydrogen (secondary N) is 3. The van der Waals surface area contributed by atoms with Gasteiger partial charge in [-0.25, -0.2) is 4.99 Å². The molecule has 2 rings (SSSR count). The second-order valence-electron chi connectivity index (χ2n) is 5.50. The fourth-order valence-electron chi connectivity index (χ4n) is 2.54. The lowest BCUT2D eigenvalue weighted by atomic mass is 10.2. The summed E-state index contributed by atoms with van der Waals surface area (Å²) in [5.41, 5.74) is 1.26. The highest BCUT2D eigenvalue weighted by molar-refractivity contribution is 5.84. The van der Waals surface area contributed by atoms with E-state index in [0.717, 1.165) is 26.1 Å². The minimum Gasteiger partial charge on any atom is -0.357 e. The van der Waals surface area contributed by atoms with Gasteiger partial charge >= 0.3 is 0 Å². The van der Waals surface area contributed by atoms with E-state index in [2.05, 4.69) is 62.0 Å². The van der Waals surface area contributed by atoms with Gasteiger partial charge < -0.3 is 20.5 Å². The third-order valence-electron chi connectivity index (χ3n) is 3.65. The second kappa shape index (κ2) is 9.60. The van der Waals surface area contributed by atoms with Gasteiger partial charge in [-0.05, 0) is 37.8 Å². The van der Waals surface area contributed by atoms with Gasteiger partial charge in [0.25, 0.3) is 0 Å². The highest BCUT2D eigenvalue weighted by atomic mass is 16.1. The molecule has 3 N–H and O–H groups in total. The first-order chi connectivity index (χ1) is 11.7. The lowest BCUT2D eigenvalue weighted by Crippen LogP contribution is -2.39. The number of guanidine groups is 1. The van der Waals surface area contributed by atoms with E-state index in [0.29, 0.717) is 12.5 Å². The zero-order valence-electron chi connectivity index (χ0n) is 14.5. The van der Waals surface area contributed by atoms with Gasteiger partial charge in [0.05, 0.1) is 0 Å². The Hall–Kier alpha value is -2.50. The van der Waals surface area contributed by atoms with Crippen molar-refractivity contribution >= 4 is 22.8 Å². The first-order valence-electron chi connectivity index (χ1n) is 8.57. The Morgan fingerprint density at radius 1 is 1.08 bits per heavy atom. The van der Waals surface area contributed by atoms with Crippen LogP contribution < -0.4 is 16.0 Å². The summed E-state index contributed by atoms with van der Waals surface area (Å²) in [6.45, 7) is 7.19. The maximum atomic E-state index is 11.5. The van der Waals surface area contributed by atoms with Crippen molar-refractivity contribution < 1.29 is 4.79 Å². The normalized spacial score (nSPS) is 11.5. The number of aromatic nitrogens is 1. The van der Waals surface area contributed by atoms with Gasteiger partial charge in [-0.15, -0.1) is 0 Å². The number of amides is 1. The van der Waals surface area contributed by atoms with Crippen LogP contribution in [-0.4, -0.2) is 42.6 Å². The van der Waals surface area contributed by atoms with Crippen molar-refractivity contribution in [1.82, 2.24) is 20.5 Å². The summed E-state index contributed by atoms with van der Waals surface area (Å²) < 4.78 is 2.26. The minimum atomic E-state index is -0.0616. The highest BCUT2D eigenvalue weighted by Gasteiger charge is 2.02. The predicted octanol–water partition coefficient (Wildman–Crippen LogP) is 1.72. The van der Waals surface area contributed by atoms with E-state index < -0.39 is 0 Å². The van der Waals surface area contributed by atoms with Crippen molar-refractivity contribution in [2.75, 3.05) is 26.2 Å². The van der Waals surface area contributed by atoms with Gasteiger partial charge in [-0.1, -0.05) is 18.2 Å². The third kappa shape index (κ3) is 5.30. The Morgan fingerprint density at radius 2 is 1.88 bits per heavy atom. The van der Waals surface area contributed by atoms with Crippen LogP contribution in [0, 0.1) is 0 Å². The van der Waals surface area contributed by atoms with Crippen LogP contribution in [0.4, 0.5) is 0 Å². The number of carbonyl (C=O) groups is 1. The molecule has 0 saturated heterocycles. The number of aryl methyl sites for hydroxylation is 1. The summed E-state index contributed by atoms with van der Waals surface area (Å²) in [5, 5.41) is 10.4. The number of likely N-dealkylation sites (N-methyl/N-ethyl adjacent to an activating group) is 1. The molecule has 0 fully saturated rings. The molecule has 1 heterocycles. The first kappa shape index (κ1) is 17.8. The largest absolute Gasteiger partial charge is 0.357 e. The fourth-order valence-corrected chi connectivity index (χ4v) is 2.54.